The monoisotopic (exact) mass is 310 g/mol. The van der Waals surface area contributed by atoms with Gasteiger partial charge in [-0.3, -0.25) is 0 Å². The second kappa shape index (κ2) is 6.21. The molecule has 0 aliphatic heterocycles. The number of hydrogen-bond donors (Lipinski definition) is 0. The first-order valence-electron chi connectivity index (χ1n) is 8.08. The quantitative estimate of drug-likeness (QED) is 0.604. The van der Waals surface area contributed by atoms with Crippen molar-refractivity contribution in [2.45, 2.75) is 0 Å². The molecule has 0 fully saturated rings. The largest absolute Gasteiger partial charge is 0.497 e. The fraction of sp³-hybridized carbons (Fsp3) is 0.0435. The van der Waals surface area contributed by atoms with Crippen molar-refractivity contribution in [1.82, 2.24) is 0 Å². The Hall–Kier alpha value is -3.06. The predicted molar refractivity (Wildman–Crippen MR) is 101 cm³/mol. The van der Waals surface area contributed by atoms with Gasteiger partial charge in [-0.1, -0.05) is 66.7 Å². The molecule has 0 bridgehead atoms. The molecule has 1 aliphatic rings. The molecule has 0 heterocycles. The van der Waals surface area contributed by atoms with Crippen molar-refractivity contribution < 1.29 is 4.74 Å². The summed E-state index contributed by atoms with van der Waals surface area (Å²) in [5, 5.41) is 0. The smallest absolute Gasteiger partial charge is 0.118 e. The van der Waals surface area contributed by atoms with Gasteiger partial charge in [-0.05, 0) is 57.7 Å². The molecule has 1 aliphatic carbocycles. The maximum Gasteiger partial charge on any atom is 0.118 e. The highest BCUT2D eigenvalue weighted by atomic mass is 16.5. The Morgan fingerprint density at radius 1 is 0.708 bits per heavy atom. The van der Waals surface area contributed by atoms with Crippen LogP contribution in [0.5, 0.6) is 5.75 Å². The number of methoxy groups -OCH3 is 1. The van der Waals surface area contributed by atoms with Crippen LogP contribution in [-0.2, 0) is 0 Å². The molecule has 0 atom stereocenters. The Morgan fingerprint density at radius 2 is 1.38 bits per heavy atom. The van der Waals surface area contributed by atoms with Crippen molar-refractivity contribution in [3.63, 3.8) is 0 Å². The van der Waals surface area contributed by atoms with Crippen LogP contribution in [-0.4, -0.2) is 7.11 Å². The first kappa shape index (κ1) is 14.5. The van der Waals surface area contributed by atoms with Gasteiger partial charge in [0.1, 0.15) is 5.75 Å². The van der Waals surface area contributed by atoms with E-state index in [1.165, 1.54) is 33.4 Å². The van der Waals surface area contributed by atoms with Gasteiger partial charge in [0.15, 0.2) is 0 Å². The third kappa shape index (κ3) is 2.65. The number of ether oxygens (including phenoxy) is 1. The van der Waals surface area contributed by atoms with Crippen molar-refractivity contribution >= 4 is 17.2 Å². The van der Waals surface area contributed by atoms with Crippen LogP contribution in [0.4, 0.5) is 0 Å². The zero-order valence-electron chi connectivity index (χ0n) is 13.6. The molecule has 1 heteroatoms. The summed E-state index contributed by atoms with van der Waals surface area (Å²) in [6.07, 6.45) is 4.52. The SMILES string of the molecule is COc1ccc(C2=C/C(=C\c3ccccc3)c3ccccc32)cc1. The van der Waals surface area contributed by atoms with Crippen molar-refractivity contribution in [3.05, 3.63) is 107 Å². The highest BCUT2D eigenvalue weighted by molar-refractivity contribution is 6.05. The van der Waals surface area contributed by atoms with Crippen LogP contribution in [0.15, 0.2) is 84.9 Å². The zero-order chi connectivity index (χ0) is 16.4. The number of allylic oxidation sites excluding steroid dienone is 2. The lowest BCUT2D eigenvalue weighted by Gasteiger charge is -2.07. The summed E-state index contributed by atoms with van der Waals surface area (Å²) in [6, 6.07) is 27.3. The Kier molecular flexibility index (Phi) is 3.76. The third-order valence-corrected chi connectivity index (χ3v) is 4.35. The molecule has 0 saturated carbocycles. The lowest BCUT2D eigenvalue weighted by Crippen LogP contribution is -1.87. The highest BCUT2D eigenvalue weighted by Crippen LogP contribution is 2.40. The topological polar surface area (TPSA) is 9.23 Å². The standard InChI is InChI=1S/C23H18O/c1-24-20-13-11-18(12-14-20)23-16-19(15-17-7-3-2-4-8-17)21-9-5-6-10-22(21)23/h2-16H,1H3/b19-15+. The van der Waals surface area contributed by atoms with Gasteiger partial charge in [-0.25, -0.2) is 0 Å². The van der Waals surface area contributed by atoms with Crippen LogP contribution in [0.2, 0.25) is 0 Å². The number of benzene rings is 3. The minimum atomic E-state index is 0.880. The van der Waals surface area contributed by atoms with Crippen molar-refractivity contribution in [3.8, 4) is 5.75 Å². The second-order valence-corrected chi connectivity index (χ2v) is 5.84. The van der Waals surface area contributed by atoms with Crippen LogP contribution in [0.3, 0.4) is 0 Å². The third-order valence-electron chi connectivity index (χ3n) is 4.35. The second-order valence-electron chi connectivity index (χ2n) is 5.84. The Balaban J connectivity index is 1.82. The summed E-state index contributed by atoms with van der Waals surface area (Å²) in [4.78, 5) is 0. The van der Waals surface area contributed by atoms with E-state index in [1.807, 2.05) is 18.2 Å². The molecule has 0 spiro atoms. The van der Waals surface area contributed by atoms with Crippen molar-refractivity contribution in [1.29, 1.82) is 0 Å². The molecule has 0 aromatic heterocycles. The molecule has 0 unspecified atom stereocenters. The van der Waals surface area contributed by atoms with Crippen LogP contribution in [0.25, 0.3) is 17.2 Å². The van der Waals surface area contributed by atoms with E-state index in [2.05, 4.69) is 72.8 Å². The molecule has 0 N–H and O–H groups in total. The van der Waals surface area contributed by atoms with Crippen LogP contribution >= 0.6 is 0 Å². The molecule has 3 aromatic carbocycles. The Labute approximate surface area is 142 Å². The molecule has 0 radical (unpaired) electrons. The van der Waals surface area contributed by atoms with Crippen LogP contribution in [0, 0.1) is 0 Å². The van der Waals surface area contributed by atoms with E-state index in [9.17, 15) is 0 Å². The first-order valence-corrected chi connectivity index (χ1v) is 8.08. The zero-order valence-corrected chi connectivity index (χ0v) is 13.6. The van der Waals surface area contributed by atoms with E-state index in [4.69, 9.17) is 4.74 Å². The van der Waals surface area contributed by atoms with E-state index < -0.39 is 0 Å². The van der Waals surface area contributed by atoms with Gasteiger partial charge >= 0.3 is 0 Å². The first-order chi connectivity index (χ1) is 11.8. The maximum absolute atomic E-state index is 5.27. The summed E-state index contributed by atoms with van der Waals surface area (Å²) in [7, 11) is 1.69. The fourth-order valence-corrected chi connectivity index (χ4v) is 3.14. The predicted octanol–water partition coefficient (Wildman–Crippen LogP) is 5.68. The van der Waals surface area contributed by atoms with E-state index >= 15 is 0 Å². The summed E-state index contributed by atoms with van der Waals surface area (Å²) in [5.74, 6) is 0.880. The number of rotatable bonds is 3. The average Bonchev–Trinajstić information content (AvgIpc) is 3.01. The lowest BCUT2D eigenvalue weighted by atomic mass is 9.99. The molecular weight excluding hydrogens is 292 g/mol. The van der Waals surface area contributed by atoms with E-state index in [-0.39, 0.29) is 0 Å². The molecule has 1 nitrogen and oxygen atoms in total. The van der Waals surface area contributed by atoms with Gasteiger partial charge in [0, 0.05) is 0 Å². The van der Waals surface area contributed by atoms with Gasteiger partial charge in [0.25, 0.3) is 0 Å². The molecule has 116 valence electrons. The molecule has 0 saturated heterocycles. The molecule has 3 aromatic rings. The van der Waals surface area contributed by atoms with Gasteiger partial charge in [0.05, 0.1) is 7.11 Å². The Morgan fingerprint density at radius 3 is 2.08 bits per heavy atom. The number of hydrogen-bond acceptors (Lipinski definition) is 1. The van der Waals surface area contributed by atoms with E-state index in [0.717, 1.165) is 5.75 Å². The number of fused-ring (bicyclic) bond motifs is 1. The van der Waals surface area contributed by atoms with Gasteiger partial charge < -0.3 is 4.74 Å². The summed E-state index contributed by atoms with van der Waals surface area (Å²) >= 11 is 0. The van der Waals surface area contributed by atoms with Gasteiger partial charge in [-0.15, -0.1) is 0 Å². The van der Waals surface area contributed by atoms with Gasteiger partial charge in [-0.2, -0.15) is 0 Å². The molecule has 4 rings (SSSR count). The summed E-state index contributed by atoms with van der Waals surface area (Å²) in [6.45, 7) is 0. The molecular formula is C23H18O. The van der Waals surface area contributed by atoms with Crippen molar-refractivity contribution in [2.24, 2.45) is 0 Å². The minimum absolute atomic E-state index is 0.880. The summed E-state index contributed by atoms with van der Waals surface area (Å²) in [5.41, 5.74) is 7.50. The van der Waals surface area contributed by atoms with E-state index in [0.29, 0.717) is 0 Å². The maximum atomic E-state index is 5.27. The molecule has 24 heavy (non-hydrogen) atoms. The molecule has 0 amide bonds. The van der Waals surface area contributed by atoms with E-state index in [1.54, 1.807) is 7.11 Å². The van der Waals surface area contributed by atoms with Crippen LogP contribution < -0.4 is 4.74 Å². The Bertz CT molecular complexity index is 916. The fourth-order valence-electron chi connectivity index (χ4n) is 3.14. The highest BCUT2D eigenvalue weighted by Gasteiger charge is 2.19. The minimum Gasteiger partial charge on any atom is -0.497 e. The van der Waals surface area contributed by atoms with Crippen molar-refractivity contribution in [2.75, 3.05) is 7.11 Å². The van der Waals surface area contributed by atoms with Gasteiger partial charge in [0.2, 0.25) is 0 Å². The summed E-state index contributed by atoms with van der Waals surface area (Å²) < 4.78 is 5.27. The lowest BCUT2D eigenvalue weighted by molar-refractivity contribution is 0.415. The average molecular weight is 310 g/mol. The normalized spacial score (nSPS) is 14.4. The van der Waals surface area contributed by atoms with Crippen LogP contribution in [0.1, 0.15) is 22.3 Å².